The van der Waals surface area contributed by atoms with Crippen molar-refractivity contribution in [3.05, 3.63) is 29.8 Å². The standard InChI is InChI=1S/C11H15NO2S/c1-15(13,14)10-6-4-9(5-7-10)11(12)8-2-3-8/h4-8,11H,2-3,12H2,1H3/t11-/m1/s1. The zero-order valence-electron chi connectivity index (χ0n) is 8.68. The Morgan fingerprint density at radius 1 is 1.27 bits per heavy atom. The molecule has 0 radical (unpaired) electrons. The molecule has 1 aliphatic rings. The molecule has 0 amide bonds. The average molecular weight is 225 g/mol. The molecule has 0 aliphatic heterocycles. The second-order valence-electron chi connectivity index (χ2n) is 4.20. The largest absolute Gasteiger partial charge is 0.324 e. The van der Waals surface area contributed by atoms with Crippen molar-refractivity contribution in [1.29, 1.82) is 0 Å². The molecule has 0 aromatic heterocycles. The van der Waals surface area contributed by atoms with Crippen molar-refractivity contribution in [1.82, 2.24) is 0 Å². The quantitative estimate of drug-likeness (QED) is 0.848. The molecule has 1 fully saturated rings. The highest BCUT2D eigenvalue weighted by atomic mass is 32.2. The summed E-state index contributed by atoms with van der Waals surface area (Å²) >= 11 is 0. The lowest BCUT2D eigenvalue weighted by Gasteiger charge is -2.10. The molecule has 15 heavy (non-hydrogen) atoms. The predicted octanol–water partition coefficient (Wildman–Crippen LogP) is 1.50. The van der Waals surface area contributed by atoms with Crippen molar-refractivity contribution in [2.75, 3.05) is 6.26 Å². The highest BCUT2D eigenvalue weighted by molar-refractivity contribution is 7.90. The van der Waals surface area contributed by atoms with Gasteiger partial charge in [-0.1, -0.05) is 12.1 Å². The SMILES string of the molecule is CS(=O)(=O)c1ccc([C@H](N)C2CC2)cc1. The van der Waals surface area contributed by atoms with Crippen molar-refractivity contribution in [2.45, 2.75) is 23.8 Å². The molecule has 0 heterocycles. The second-order valence-corrected chi connectivity index (χ2v) is 6.22. The Hall–Kier alpha value is -0.870. The van der Waals surface area contributed by atoms with Crippen LogP contribution in [0, 0.1) is 5.92 Å². The van der Waals surface area contributed by atoms with Crippen molar-refractivity contribution in [2.24, 2.45) is 11.7 Å². The van der Waals surface area contributed by atoms with Gasteiger partial charge < -0.3 is 5.73 Å². The van der Waals surface area contributed by atoms with Gasteiger partial charge in [-0.05, 0) is 36.5 Å². The van der Waals surface area contributed by atoms with Crippen LogP contribution in [0.2, 0.25) is 0 Å². The molecule has 4 heteroatoms. The fourth-order valence-electron chi connectivity index (χ4n) is 1.66. The molecule has 1 saturated carbocycles. The monoisotopic (exact) mass is 225 g/mol. The maximum absolute atomic E-state index is 11.2. The van der Waals surface area contributed by atoms with Gasteiger partial charge in [-0.2, -0.15) is 0 Å². The van der Waals surface area contributed by atoms with Crippen LogP contribution in [0.1, 0.15) is 24.4 Å². The molecule has 0 saturated heterocycles. The summed E-state index contributed by atoms with van der Waals surface area (Å²) in [6, 6.07) is 6.97. The minimum atomic E-state index is -3.09. The van der Waals surface area contributed by atoms with Gasteiger partial charge in [0, 0.05) is 12.3 Å². The third-order valence-corrected chi connectivity index (χ3v) is 3.95. The first-order chi connectivity index (χ1) is 6.98. The van der Waals surface area contributed by atoms with Gasteiger partial charge >= 0.3 is 0 Å². The molecule has 82 valence electrons. The third kappa shape index (κ3) is 2.38. The van der Waals surface area contributed by atoms with Crippen LogP contribution in [0.15, 0.2) is 29.2 Å². The number of hydrogen-bond acceptors (Lipinski definition) is 3. The Morgan fingerprint density at radius 3 is 2.20 bits per heavy atom. The van der Waals surface area contributed by atoms with E-state index >= 15 is 0 Å². The molecule has 1 aromatic carbocycles. The molecular weight excluding hydrogens is 210 g/mol. The van der Waals surface area contributed by atoms with Gasteiger partial charge in [-0.25, -0.2) is 8.42 Å². The number of benzene rings is 1. The summed E-state index contributed by atoms with van der Waals surface area (Å²) < 4.78 is 22.5. The molecule has 2 rings (SSSR count). The lowest BCUT2D eigenvalue weighted by Crippen LogP contribution is -2.12. The molecule has 0 unspecified atom stereocenters. The predicted molar refractivity (Wildman–Crippen MR) is 59.2 cm³/mol. The fraction of sp³-hybridized carbons (Fsp3) is 0.455. The molecule has 1 aliphatic carbocycles. The van der Waals surface area contributed by atoms with Crippen LogP contribution in [0.5, 0.6) is 0 Å². The van der Waals surface area contributed by atoms with Crippen LogP contribution < -0.4 is 5.73 Å². The van der Waals surface area contributed by atoms with Gasteiger partial charge in [0.05, 0.1) is 4.90 Å². The summed E-state index contributed by atoms with van der Waals surface area (Å²) in [5, 5.41) is 0. The van der Waals surface area contributed by atoms with Crippen LogP contribution in [0.25, 0.3) is 0 Å². The Balaban J connectivity index is 2.23. The van der Waals surface area contributed by atoms with Gasteiger partial charge in [-0.3, -0.25) is 0 Å². The zero-order valence-corrected chi connectivity index (χ0v) is 9.50. The number of nitrogens with two attached hydrogens (primary N) is 1. The van der Waals surface area contributed by atoms with Crippen molar-refractivity contribution < 1.29 is 8.42 Å². The van der Waals surface area contributed by atoms with E-state index in [0.717, 1.165) is 5.56 Å². The maximum Gasteiger partial charge on any atom is 0.175 e. The highest BCUT2D eigenvalue weighted by Crippen LogP contribution is 2.39. The summed E-state index contributed by atoms with van der Waals surface area (Å²) in [5.41, 5.74) is 7.04. The summed E-state index contributed by atoms with van der Waals surface area (Å²) in [4.78, 5) is 0.356. The van der Waals surface area contributed by atoms with Gasteiger partial charge in [0.1, 0.15) is 0 Å². The molecule has 1 atom stereocenters. The van der Waals surface area contributed by atoms with Crippen LogP contribution in [-0.2, 0) is 9.84 Å². The van der Waals surface area contributed by atoms with Gasteiger partial charge in [0.25, 0.3) is 0 Å². The molecule has 3 nitrogen and oxygen atoms in total. The van der Waals surface area contributed by atoms with E-state index in [-0.39, 0.29) is 6.04 Å². The Morgan fingerprint density at radius 2 is 1.80 bits per heavy atom. The van der Waals surface area contributed by atoms with E-state index in [4.69, 9.17) is 5.73 Å². The molecule has 2 N–H and O–H groups in total. The molecule has 0 bridgehead atoms. The summed E-state index contributed by atoms with van der Waals surface area (Å²) in [6.07, 6.45) is 3.59. The molecular formula is C11H15NO2S. The number of hydrogen-bond donors (Lipinski definition) is 1. The maximum atomic E-state index is 11.2. The lowest BCUT2D eigenvalue weighted by atomic mass is 10.0. The summed E-state index contributed by atoms with van der Waals surface area (Å²) in [5.74, 6) is 0.592. The normalized spacial score (nSPS) is 18.8. The fourth-order valence-corrected chi connectivity index (χ4v) is 2.30. The van der Waals surface area contributed by atoms with E-state index in [9.17, 15) is 8.42 Å². The average Bonchev–Trinajstić information content (AvgIpc) is 2.99. The summed E-state index contributed by atoms with van der Waals surface area (Å²) in [7, 11) is -3.09. The second kappa shape index (κ2) is 3.61. The van der Waals surface area contributed by atoms with Gasteiger partial charge in [0.2, 0.25) is 0 Å². The van der Waals surface area contributed by atoms with E-state index in [2.05, 4.69) is 0 Å². The Labute approximate surface area is 90.2 Å². The lowest BCUT2D eigenvalue weighted by molar-refractivity contribution is 0.601. The van der Waals surface area contributed by atoms with Gasteiger partial charge in [0.15, 0.2) is 9.84 Å². The van der Waals surface area contributed by atoms with Crippen molar-refractivity contribution in [3.8, 4) is 0 Å². The van der Waals surface area contributed by atoms with Crippen LogP contribution in [0.4, 0.5) is 0 Å². The third-order valence-electron chi connectivity index (χ3n) is 2.82. The minimum absolute atomic E-state index is 0.0682. The Kier molecular flexibility index (Phi) is 2.56. The smallest absolute Gasteiger partial charge is 0.175 e. The van der Waals surface area contributed by atoms with E-state index in [1.165, 1.54) is 19.1 Å². The van der Waals surface area contributed by atoms with Crippen LogP contribution >= 0.6 is 0 Å². The topological polar surface area (TPSA) is 60.2 Å². The summed E-state index contributed by atoms with van der Waals surface area (Å²) in [6.45, 7) is 0. The van der Waals surface area contributed by atoms with Crippen molar-refractivity contribution >= 4 is 9.84 Å². The van der Waals surface area contributed by atoms with E-state index < -0.39 is 9.84 Å². The van der Waals surface area contributed by atoms with Crippen LogP contribution in [-0.4, -0.2) is 14.7 Å². The first-order valence-corrected chi connectivity index (χ1v) is 6.93. The van der Waals surface area contributed by atoms with Gasteiger partial charge in [-0.15, -0.1) is 0 Å². The first kappa shape index (κ1) is 10.6. The van der Waals surface area contributed by atoms with Crippen molar-refractivity contribution in [3.63, 3.8) is 0 Å². The zero-order chi connectivity index (χ0) is 11.1. The highest BCUT2D eigenvalue weighted by Gasteiger charge is 2.29. The van der Waals surface area contributed by atoms with E-state index in [1.807, 2.05) is 12.1 Å². The van der Waals surface area contributed by atoms with Crippen LogP contribution in [0.3, 0.4) is 0 Å². The molecule has 0 spiro atoms. The van der Waals surface area contributed by atoms with E-state index in [0.29, 0.717) is 10.8 Å². The van der Waals surface area contributed by atoms with E-state index in [1.54, 1.807) is 12.1 Å². The Bertz CT molecular complexity index is 446. The first-order valence-electron chi connectivity index (χ1n) is 5.04. The molecule has 1 aromatic rings. The number of rotatable bonds is 3. The number of sulfone groups is 1. The minimum Gasteiger partial charge on any atom is -0.324 e.